The number of nitrogens with zero attached hydrogens (tertiary/aromatic N) is 2. The van der Waals surface area contributed by atoms with Gasteiger partial charge in [-0.1, -0.05) is 20.3 Å². The second kappa shape index (κ2) is 6.01. The van der Waals surface area contributed by atoms with E-state index < -0.39 is 0 Å². The third-order valence-electron chi connectivity index (χ3n) is 3.09. The Bertz CT molecular complexity index is 369. The lowest BCUT2D eigenvalue weighted by Crippen LogP contribution is -2.39. The van der Waals surface area contributed by atoms with Crippen LogP contribution in [-0.4, -0.2) is 15.3 Å². The van der Waals surface area contributed by atoms with Gasteiger partial charge < -0.3 is 5.73 Å². The van der Waals surface area contributed by atoms with E-state index in [4.69, 9.17) is 5.73 Å². The molecule has 0 aliphatic rings. The Balaban J connectivity index is 3.00. The van der Waals surface area contributed by atoms with Crippen LogP contribution in [0.4, 0.5) is 0 Å². The lowest BCUT2D eigenvalue weighted by atomic mass is 9.92. The zero-order valence-corrected chi connectivity index (χ0v) is 13.0. The van der Waals surface area contributed by atoms with Gasteiger partial charge in [0, 0.05) is 18.5 Å². The fraction of sp³-hybridized carbons (Fsp3) is 0.769. The van der Waals surface area contributed by atoms with E-state index in [0.717, 1.165) is 42.4 Å². The third-order valence-corrected chi connectivity index (χ3v) is 4.00. The largest absolute Gasteiger partial charge is 0.325 e. The lowest BCUT2D eigenvalue weighted by molar-refractivity contribution is 0.408. The molecule has 1 aromatic rings. The highest BCUT2D eigenvalue weighted by atomic mass is 79.9. The second-order valence-electron chi connectivity index (χ2n) is 4.96. The molecule has 0 radical (unpaired) electrons. The first-order valence-corrected chi connectivity index (χ1v) is 7.27. The van der Waals surface area contributed by atoms with Crippen molar-refractivity contribution >= 4 is 15.9 Å². The molecule has 4 heteroatoms. The SMILES string of the molecule is CCCC(C)(N)Cc1c(Br)c(CC)nn1CC. The molecule has 0 fully saturated rings. The van der Waals surface area contributed by atoms with Gasteiger partial charge in [0.15, 0.2) is 0 Å². The highest BCUT2D eigenvalue weighted by molar-refractivity contribution is 9.10. The molecule has 0 saturated carbocycles. The smallest absolute Gasteiger partial charge is 0.0766 e. The molecular weight excluding hydrogens is 278 g/mol. The molecule has 1 aromatic heterocycles. The monoisotopic (exact) mass is 301 g/mol. The zero-order chi connectivity index (χ0) is 13.1. The molecule has 0 saturated heterocycles. The van der Waals surface area contributed by atoms with E-state index in [9.17, 15) is 0 Å². The summed E-state index contributed by atoms with van der Waals surface area (Å²) in [6.07, 6.45) is 3.99. The van der Waals surface area contributed by atoms with Crippen LogP contribution in [0.3, 0.4) is 0 Å². The molecule has 0 bridgehead atoms. The summed E-state index contributed by atoms with van der Waals surface area (Å²) in [6, 6.07) is 0. The highest BCUT2D eigenvalue weighted by Crippen LogP contribution is 2.26. The second-order valence-corrected chi connectivity index (χ2v) is 5.75. The maximum absolute atomic E-state index is 6.34. The molecule has 0 aromatic carbocycles. The first-order valence-electron chi connectivity index (χ1n) is 6.48. The molecule has 0 spiro atoms. The van der Waals surface area contributed by atoms with Crippen LogP contribution in [0, 0.1) is 0 Å². The number of hydrogen-bond acceptors (Lipinski definition) is 2. The highest BCUT2D eigenvalue weighted by Gasteiger charge is 2.23. The van der Waals surface area contributed by atoms with Crippen LogP contribution in [0.2, 0.25) is 0 Å². The number of rotatable bonds is 6. The quantitative estimate of drug-likeness (QED) is 0.876. The fourth-order valence-corrected chi connectivity index (χ4v) is 2.93. The van der Waals surface area contributed by atoms with Crippen molar-refractivity contribution in [2.24, 2.45) is 5.73 Å². The van der Waals surface area contributed by atoms with Gasteiger partial charge in [-0.05, 0) is 42.6 Å². The molecule has 0 aliphatic carbocycles. The summed E-state index contributed by atoms with van der Waals surface area (Å²) in [7, 11) is 0. The van der Waals surface area contributed by atoms with E-state index in [1.54, 1.807) is 0 Å². The number of halogens is 1. The van der Waals surface area contributed by atoms with Gasteiger partial charge in [-0.15, -0.1) is 0 Å². The van der Waals surface area contributed by atoms with Gasteiger partial charge in [-0.3, -0.25) is 4.68 Å². The number of nitrogens with two attached hydrogens (primary N) is 1. The van der Waals surface area contributed by atoms with Crippen molar-refractivity contribution in [3.8, 4) is 0 Å². The molecule has 17 heavy (non-hydrogen) atoms. The van der Waals surface area contributed by atoms with Crippen molar-refractivity contribution in [3.05, 3.63) is 15.9 Å². The Labute approximate surface area is 113 Å². The molecule has 0 aliphatic heterocycles. The first-order chi connectivity index (χ1) is 7.95. The molecule has 3 nitrogen and oxygen atoms in total. The van der Waals surface area contributed by atoms with Crippen LogP contribution in [0.1, 0.15) is 51.9 Å². The fourth-order valence-electron chi connectivity index (χ4n) is 2.23. The van der Waals surface area contributed by atoms with Gasteiger partial charge in [0.2, 0.25) is 0 Å². The van der Waals surface area contributed by atoms with Crippen LogP contribution in [0.15, 0.2) is 4.47 Å². The minimum atomic E-state index is -0.144. The predicted molar refractivity (Wildman–Crippen MR) is 76.2 cm³/mol. The van der Waals surface area contributed by atoms with Crippen LogP contribution in [-0.2, 0) is 19.4 Å². The molecule has 0 amide bonds. The Morgan fingerprint density at radius 2 is 2.00 bits per heavy atom. The van der Waals surface area contributed by atoms with Gasteiger partial charge in [0.05, 0.1) is 15.9 Å². The van der Waals surface area contributed by atoms with E-state index in [1.165, 1.54) is 5.69 Å². The topological polar surface area (TPSA) is 43.8 Å². The predicted octanol–water partition coefficient (Wildman–Crippen LogP) is 3.29. The van der Waals surface area contributed by atoms with Gasteiger partial charge in [0.1, 0.15) is 0 Å². The molecule has 1 heterocycles. The van der Waals surface area contributed by atoms with Crippen molar-refractivity contribution in [3.63, 3.8) is 0 Å². The standard InChI is InChI=1S/C13H24BrN3/c1-5-8-13(4,15)9-11-12(14)10(6-2)16-17(11)7-3/h5-9,15H2,1-4H3. The van der Waals surface area contributed by atoms with E-state index in [1.807, 2.05) is 0 Å². The summed E-state index contributed by atoms with van der Waals surface area (Å²) in [4.78, 5) is 0. The van der Waals surface area contributed by atoms with E-state index >= 15 is 0 Å². The maximum atomic E-state index is 6.34. The molecular formula is C13H24BrN3. The summed E-state index contributed by atoms with van der Waals surface area (Å²) in [6.45, 7) is 9.45. The van der Waals surface area contributed by atoms with Gasteiger partial charge in [-0.2, -0.15) is 5.10 Å². The normalized spacial score (nSPS) is 14.9. The van der Waals surface area contributed by atoms with Crippen molar-refractivity contribution in [2.75, 3.05) is 0 Å². The molecule has 1 rings (SSSR count). The van der Waals surface area contributed by atoms with Gasteiger partial charge >= 0.3 is 0 Å². The van der Waals surface area contributed by atoms with E-state index in [0.29, 0.717) is 0 Å². The van der Waals surface area contributed by atoms with Gasteiger partial charge in [-0.25, -0.2) is 0 Å². The van der Waals surface area contributed by atoms with Crippen LogP contribution in [0.5, 0.6) is 0 Å². The van der Waals surface area contributed by atoms with Gasteiger partial charge in [0.25, 0.3) is 0 Å². The maximum Gasteiger partial charge on any atom is 0.0766 e. The van der Waals surface area contributed by atoms with Crippen molar-refractivity contribution in [1.82, 2.24) is 9.78 Å². The average Bonchev–Trinajstić information content (AvgIpc) is 2.55. The summed E-state index contributed by atoms with van der Waals surface area (Å²) >= 11 is 3.67. The van der Waals surface area contributed by atoms with Crippen molar-refractivity contribution in [2.45, 2.75) is 65.5 Å². The molecule has 1 atom stereocenters. The Morgan fingerprint density at radius 3 is 2.47 bits per heavy atom. The summed E-state index contributed by atoms with van der Waals surface area (Å²) in [5.41, 5.74) is 8.57. The summed E-state index contributed by atoms with van der Waals surface area (Å²) in [5, 5.41) is 4.61. The summed E-state index contributed by atoms with van der Waals surface area (Å²) in [5.74, 6) is 0. The number of aryl methyl sites for hydroxylation is 2. The van der Waals surface area contributed by atoms with Crippen LogP contribution < -0.4 is 5.73 Å². The number of hydrogen-bond donors (Lipinski definition) is 1. The Kier molecular flexibility index (Phi) is 5.20. The lowest BCUT2D eigenvalue weighted by Gasteiger charge is -2.24. The van der Waals surface area contributed by atoms with Crippen molar-refractivity contribution < 1.29 is 0 Å². The van der Waals surface area contributed by atoms with E-state index in [2.05, 4.69) is 53.4 Å². The Hall–Kier alpha value is -0.350. The summed E-state index contributed by atoms with van der Waals surface area (Å²) < 4.78 is 3.22. The average molecular weight is 302 g/mol. The first kappa shape index (κ1) is 14.7. The zero-order valence-electron chi connectivity index (χ0n) is 11.4. The molecule has 98 valence electrons. The molecule has 1 unspecified atom stereocenters. The Morgan fingerprint density at radius 1 is 1.35 bits per heavy atom. The van der Waals surface area contributed by atoms with Crippen LogP contribution in [0.25, 0.3) is 0 Å². The minimum Gasteiger partial charge on any atom is -0.325 e. The number of aromatic nitrogens is 2. The minimum absolute atomic E-state index is 0.144. The van der Waals surface area contributed by atoms with E-state index in [-0.39, 0.29) is 5.54 Å². The molecule has 2 N–H and O–H groups in total. The van der Waals surface area contributed by atoms with Crippen LogP contribution >= 0.6 is 15.9 Å². The van der Waals surface area contributed by atoms with Crippen molar-refractivity contribution in [1.29, 1.82) is 0 Å². The third kappa shape index (κ3) is 3.55.